The number of pyridine rings is 1. The van der Waals surface area contributed by atoms with E-state index in [2.05, 4.69) is 4.98 Å². The Balaban J connectivity index is 1.69. The summed E-state index contributed by atoms with van der Waals surface area (Å²) in [5.74, 6) is 0.417. The van der Waals surface area contributed by atoms with Crippen LogP contribution in [0.3, 0.4) is 0 Å². The molecule has 2 heterocycles. The van der Waals surface area contributed by atoms with Crippen LogP contribution < -0.4 is 4.74 Å². The number of ether oxygens (including phenoxy) is 1. The second-order valence-corrected chi connectivity index (χ2v) is 8.18. The van der Waals surface area contributed by atoms with Crippen molar-refractivity contribution < 1.29 is 17.5 Å². The molecular weight excluding hydrogens is 343 g/mol. The predicted octanol–water partition coefficient (Wildman–Crippen LogP) is 3.01. The van der Waals surface area contributed by atoms with Gasteiger partial charge >= 0.3 is 0 Å². The molecule has 1 aromatic carbocycles. The van der Waals surface area contributed by atoms with E-state index in [-0.39, 0.29) is 10.8 Å². The third-order valence-corrected chi connectivity index (χ3v) is 6.40. The maximum atomic E-state index is 13.3. The van der Waals surface area contributed by atoms with E-state index in [9.17, 15) is 12.8 Å². The standard InChI is InChI=1S/C18H21FN2O3S/c1-14-11-16(19)4-5-18(14)25(22,23)21-10-2-3-15(12-21)13-24-17-6-8-20-9-7-17/h4-9,11,15H,2-3,10,12-13H2,1H3. The first kappa shape index (κ1) is 17.8. The number of hydrogen-bond acceptors (Lipinski definition) is 4. The molecule has 5 nitrogen and oxygen atoms in total. The molecule has 1 aliphatic heterocycles. The molecule has 2 aromatic rings. The smallest absolute Gasteiger partial charge is 0.243 e. The Morgan fingerprint density at radius 3 is 2.76 bits per heavy atom. The molecule has 0 aliphatic carbocycles. The molecule has 0 saturated carbocycles. The largest absolute Gasteiger partial charge is 0.493 e. The van der Waals surface area contributed by atoms with Gasteiger partial charge in [0.15, 0.2) is 0 Å². The molecule has 1 unspecified atom stereocenters. The number of benzene rings is 1. The molecule has 1 aromatic heterocycles. The Labute approximate surface area is 147 Å². The number of piperidine rings is 1. The van der Waals surface area contributed by atoms with Gasteiger partial charge in [0, 0.05) is 31.4 Å². The third-order valence-electron chi connectivity index (χ3n) is 4.37. The van der Waals surface area contributed by atoms with Crippen molar-refractivity contribution in [2.75, 3.05) is 19.7 Å². The maximum Gasteiger partial charge on any atom is 0.243 e. The Morgan fingerprint density at radius 1 is 1.28 bits per heavy atom. The highest BCUT2D eigenvalue weighted by Crippen LogP contribution is 2.26. The second-order valence-electron chi connectivity index (χ2n) is 6.28. The fraction of sp³-hybridized carbons (Fsp3) is 0.389. The number of hydrogen-bond donors (Lipinski definition) is 0. The van der Waals surface area contributed by atoms with Crippen LogP contribution in [0.2, 0.25) is 0 Å². The summed E-state index contributed by atoms with van der Waals surface area (Å²) in [7, 11) is -3.62. The summed E-state index contributed by atoms with van der Waals surface area (Å²) in [6.45, 7) is 2.96. The van der Waals surface area contributed by atoms with Crippen molar-refractivity contribution >= 4 is 10.0 Å². The SMILES string of the molecule is Cc1cc(F)ccc1S(=O)(=O)N1CCCC(COc2ccncc2)C1. The lowest BCUT2D eigenvalue weighted by molar-refractivity contribution is 0.180. The zero-order chi connectivity index (χ0) is 17.9. The van der Waals surface area contributed by atoms with Crippen LogP contribution >= 0.6 is 0 Å². The average molecular weight is 364 g/mol. The van der Waals surface area contributed by atoms with Gasteiger partial charge in [0.25, 0.3) is 0 Å². The fourth-order valence-electron chi connectivity index (χ4n) is 3.07. The van der Waals surface area contributed by atoms with E-state index in [1.807, 2.05) is 0 Å². The molecule has 3 rings (SSSR count). The van der Waals surface area contributed by atoms with Gasteiger partial charge in [-0.3, -0.25) is 4.98 Å². The van der Waals surface area contributed by atoms with Crippen LogP contribution in [-0.4, -0.2) is 37.4 Å². The molecule has 0 amide bonds. The van der Waals surface area contributed by atoms with E-state index in [0.29, 0.717) is 25.3 Å². The minimum Gasteiger partial charge on any atom is -0.493 e. The summed E-state index contributed by atoms with van der Waals surface area (Å²) < 4.78 is 46.3. The molecule has 1 aliphatic rings. The van der Waals surface area contributed by atoms with Gasteiger partial charge in [-0.25, -0.2) is 12.8 Å². The number of sulfonamides is 1. The van der Waals surface area contributed by atoms with Crippen LogP contribution in [0.5, 0.6) is 5.75 Å². The highest BCUT2D eigenvalue weighted by Gasteiger charge is 2.31. The zero-order valence-electron chi connectivity index (χ0n) is 14.1. The monoisotopic (exact) mass is 364 g/mol. The van der Waals surface area contributed by atoms with E-state index in [0.717, 1.165) is 18.6 Å². The van der Waals surface area contributed by atoms with E-state index < -0.39 is 15.8 Å². The van der Waals surface area contributed by atoms with Crippen molar-refractivity contribution in [1.29, 1.82) is 0 Å². The Hall–Kier alpha value is -1.99. The van der Waals surface area contributed by atoms with Crippen LogP contribution in [-0.2, 0) is 10.0 Å². The van der Waals surface area contributed by atoms with Gasteiger partial charge in [-0.2, -0.15) is 4.31 Å². The van der Waals surface area contributed by atoms with Gasteiger partial charge in [0.1, 0.15) is 11.6 Å². The van der Waals surface area contributed by atoms with Crippen molar-refractivity contribution in [2.24, 2.45) is 5.92 Å². The lowest BCUT2D eigenvalue weighted by Gasteiger charge is -2.32. The number of halogens is 1. The molecule has 1 fully saturated rings. The van der Waals surface area contributed by atoms with Crippen molar-refractivity contribution in [1.82, 2.24) is 9.29 Å². The molecule has 0 N–H and O–H groups in total. The van der Waals surface area contributed by atoms with E-state index in [1.54, 1.807) is 31.5 Å². The van der Waals surface area contributed by atoms with Crippen LogP contribution in [0.4, 0.5) is 4.39 Å². The maximum absolute atomic E-state index is 13.3. The summed E-state index contributed by atoms with van der Waals surface area (Å²) in [6.07, 6.45) is 5.01. The van der Waals surface area contributed by atoms with Crippen LogP contribution in [0.25, 0.3) is 0 Å². The Bertz CT molecular complexity index is 827. The molecule has 0 spiro atoms. The molecule has 1 saturated heterocycles. The lowest BCUT2D eigenvalue weighted by atomic mass is 10.0. The average Bonchev–Trinajstić information content (AvgIpc) is 2.61. The Kier molecular flexibility index (Phi) is 5.34. The molecule has 0 radical (unpaired) electrons. The summed E-state index contributed by atoms with van der Waals surface area (Å²) in [6, 6.07) is 7.34. The quantitative estimate of drug-likeness (QED) is 0.818. The van der Waals surface area contributed by atoms with Gasteiger partial charge in [-0.05, 0) is 55.7 Å². The first-order valence-corrected chi connectivity index (χ1v) is 9.70. The summed E-state index contributed by atoms with van der Waals surface area (Å²) >= 11 is 0. The van der Waals surface area contributed by atoms with Crippen molar-refractivity contribution in [3.8, 4) is 5.75 Å². The number of rotatable bonds is 5. The molecule has 1 atom stereocenters. The summed E-state index contributed by atoms with van der Waals surface area (Å²) in [5, 5.41) is 0. The highest BCUT2D eigenvalue weighted by atomic mass is 32.2. The molecule has 134 valence electrons. The first-order chi connectivity index (χ1) is 12.0. The van der Waals surface area contributed by atoms with E-state index in [1.165, 1.54) is 22.5 Å². The lowest BCUT2D eigenvalue weighted by Crippen LogP contribution is -2.41. The third kappa shape index (κ3) is 4.16. The minimum atomic E-state index is -3.62. The minimum absolute atomic E-state index is 0.123. The predicted molar refractivity (Wildman–Crippen MR) is 92.4 cm³/mol. The zero-order valence-corrected chi connectivity index (χ0v) is 14.9. The van der Waals surface area contributed by atoms with Crippen molar-refractivity contribution in [2.45, 2.75) is 24.7 Å². The van der Waals surface area contributed by atoms with Gasteiger partial charge in [0.2, 0.25) is 10.0 Å². The first-order valence-electron chi connectivity index (χ1n) is 8.26. The number of aromatic nitrogens is 1. The van der Waals surface area contributed by atoms with Crippen LogP contribution in [0.15, 0.2) is 47.6 Å². The van der Waals surface area contributed by atoms with Crippen molar-refractivity contribution in [3.63, 3.8) is 0 Å². The van der Waals surface area contributed by atoms with Gasteiger partial charge < -0.3 is 4.74 Å². The molecule has 7 heteroatoms. The van der Waals surface area contributed by atoms with Gasteiger partial charge in [0.05, 0.1) is 11.5 Å². The van der Waals surface area contributed by atoms with E-state index >= 15 is 0 Å². The van der Waals surface area contributed by atoms with Crippen LogP contribution in [0, 0.1) is 18.7 Å². The molecule has 0 bridgehead atoms. The summed E-state index contributed by atoms with van der Waals surface area (Å²) in [4.78, 5) is 4.11. The molecular formula is C18H21FN2O3S. The highest BCUT2D eigenvalue weighted by molar-refractivity contribution is 7.89. The van der Waals surface area contributed by atoms with E-state index in [4.69, 9.17) is 4.74 Å². The Morgan fingerprint density at radius 2 is 2.04 bits per heavy atom. The van der Waals surface area contributed by atoms with Gasteiger partial charge in [-0.15, -0.1) is 0 Å². The van der Waals surface area contributed by atoms with Crippen LogP contribution in [0.1, 0.15) is 18.4 Å². The number of nitrogens with zero attached hydrogens (tertiary/aromatic N) is 2. The normalized spacial score (nSPS) is 18.9. The topological polar surface area (TPSA) is 59.5 Å². The van der Waals surface area contributed by atoms with Crippen molar-refractivity contribution in [3.05, 3.63) is 54.1 Å². The molecule has 25 heavy (non-hydrogen) atoms. The number of aryl methyl sites for hydroxylation is 1. The summed E-state index contributed by atoms with van der Waals surface area (Å²) in [5.41, 5.74) is 0.426. The second kappa shape index (κ2) is 7.49. The fourth-order valence-corrected chi connectivity index (χ4v) is 4.83. The van der Waals surface area contributed by atoms with Gasteiger partial charge in [-0.1, -0.05) is 0 Å².